The number of likely N-dealkylation sites (tertiary alicyclic amines) is 1. The molecule has 1 N–H and O–H groups in total. The van der Waals surface area contributed by atoms with Crippen LogP contribution in [-0.2, 0) is 0 Å². The summed E-state index contributed by atoms with van der Waals surface area (Å²) in [5, 5.41) is 4.32. The summed E-state index contributed by atoms with van der Waals surface area (Å²) in [6, 6.07) is 0.614. The largest absolute Gasteiger partial charge is 0.363 e. The molecule has 0 aromatic rings. The van der Waals surface area contributed by atoms with Crippen LogP contribution in [0.3, 0.4) is 0 Å². The van der Waals surface area contributed by atoms with Crippen molar-refractivity contribution in [1.29, 1.82) is 0 Å². The van der Waals surface area contributed by atoms with Crippen LogP contribution in [0.2, 0.25) is 0 Å². The van der Waals surface area contributed by atoms with Crippen molar-refractivity contribution in [2.24, 2.45) is 5.92 Å². The SMILES string of the molecule is CCCCNC(=S)N1CC(C)CCC1C. The molecule has 0 amide bonds. The highest BCUT2D eigenvalue weighted by molar-refractivity contribution is 7.80. The summed E-state index contributed by atoms with van der Waals surface area (Å²) in [6.07, 6.45) is 5.05. The molecule has 1 rings (SSSR count). The van der Waals surface area contributed by atoms with Gasteiger partial charge in [-0.2, -0.15) is 0 Å². The van der Waals surface area contributed by atoms with Crippen LogP contribution < -0.4 is 5.32 Å². The topological polar surface area (TPSA) is 15.3 Å². The highest BCUT2D eigenvalue weighted by atomic mass is 32.1. The Morgan fingerprint density at radius 1 is 1.40 bits per heavy atom. The van der Waals surface area contributed by atoms with Crippen LogP contribution in [0.4, 0.5) is 0 Å². The van der Waals surface area contributed by atoms with Gasteiger partial charge in [0, 0.05) is 19.1 Å². The fraction of sp³-hybridized carbons (Fsp3) is 0.917. The Kier molecular flexibility index (Phi) is 5.37. The van der Waals surface area contributed by atoms with E-state index >= 15 is 0 Å². The van der Waals surface area contributed by atoms with Crippen LogP contribution in [0.5, 0.6) is 0 Å². The Morgan fingerprint density at radius 2 is 2.13 bits per heavy atom. The first-order valence-corrected chi connectivity index (χ1v) is 6.60. The van der Waals surface area contributed by atoms with Crippen molar-refractivity contribution in [2.45, 2.75) is 52.5 Å². The van der Waals surface area contributed by atoms with Crippen molar-refractivity contribution in [3.63, 3.8) is 0 Å². The van der Waals surface area contributed by atoms with Crippen LogP contribution in [0.1, 0.15) is 46.5 Å². The van der Waals surface area contributed by atoms with Crippen molar-refractivity contribution in [3.8, 4) is 0 Å². The first-order valence-electron chi connectivity index (χ1n) is 6.19. The van der Waals surface area contributed by atoms with Gasteiger partial charge in [-0.05, 0) is 44.3 Å². The summed E-state index contributed by atoms with van der Waals surface area (Å²) in [6.45, 7) is 8.94. The second-order valence-corrected chi connectivity index (χ2v) is 5.16. The summed E-state index contributed by atoms with van der Waals surface area (Å²) in [5.41, 5.74) is 0. The molecule has 15 heavy (non-hydrogen) atoms. The highest BCUT2D eigenvalue weighted by Crippen LogP contribution is 2.21. The number of hydrogen-bond donors (Lipinski definition) is 1. The summed E-state index contributed by atoms with van der Waals surface area (Å²) in [7, 11) is 0. The minimum absolute atomic E-state index is 0.614. The first kappa shape index (κ1) is 12.8. The zero-order valence-corrected chi connectivity index (χ0v) is 11.1. The third-order valence-corrected chi connectivity index (χ3v) is 3.56. The van der Waals surface area contributed by atoms with Crippen LogP contribution in [0, 0.1) is 5.92 Å². The maximum absolute atomic E-state index is 5.43. The average molecular weight is 228 g/mol. The lowest BCUT2D eigenvalue weighted by atomic mass is 9.95. The van der Waals surface area contributed by atoms with Crippen molar-refractivity contribution >= 4 is 17.3 Å². The van der Waals surface area contributed by atoms with E-state index in [0.717, 1.165) is 24.1 Å². The number of rotatable bonds is 3. The fourth-order valence-corrected chi connectivity index (χ4v) is 2.40. The second kappa shape index (κ2) is 6.31. The minimum Gasteiger partial charge on any atom is -0.363 e. The number of nitrogens with zero attached hydrogens (tertiary/aromatic N) is 1. The molecule has 1 saturated heterocycles. The second-order valence-electron chi connectivity index (χ2n) is 4.77. The van der Waals surface area contributed by atoms with E-state index in [0.29, 0.717) is 6.04 Å². The molecule has 0 aromatic heterocycles. The average Bonchev–Trinajstić information content (AvgIpc) is 2.22. The van der Waals surface area contributed by atoms with Crippen LogP contribution >= 0.6 is 12.2 Å². The molecule has 0 aromatic carbocycles. The lowest BCUT2D eigenvalue weighted by molar-refractivity contribution is 0.205. The molecule has 0 saturated carbocycles. The van der Waals surface area contributed by atoms with Crippen LogP contribution in [0.25, 0.3) is 0 Å². The number of nitrogens with one attached hydrogen (secondary N) is 1. The molecule has 1 aliphatic rings. The van der Waals surface area contributed by atoms with E-state index in [2.05, 4.69) is 31.0 Å². The molecule has 3 heteroatoms. The Bertz CT molecular complexity index is 206. The van der Waals surface area contributed by atoms with Gasteiger partial charge >= 0.3 is 0 Å². The number of unbranched alkanes of at least 4 members (excludes halogenated alkanes) is 1. The zero-order valence-electron chi connectivity index (χ0n) is 10.3. The standard InChI is InChI=1S/C12H24N2S/c1-4-5-8-13-12(15)14-9-10(2)6-7-11(14)3/h10-11H,4-9H2,1-3H3,(H,13,15). The van der Waals surface area contributed by atoms with Gasteiger partial charge in [-0.1, -0.05) is 20.3 Å². The third-order valence-electron chi connectivity index (χ3n) is 3.19. The zero-order chi connectivity index (χ0) is 11.3. The molecule has 0 bridgehead atoms. The summed E-state index contributed by atoms with van der Waals surface area (Å²) >= 11 is 5.43. The van der Waals surface area contributed by atoms with E-state index in [1.807, 2.05) is 0 Å². The lowest BCUT2D eigenvalue weighted by Crippen LogP contribution is -2.49. The van der Waals surface area contributed by atoms with Gasteiger partial charge in [-0.15, -0.1) is 0 Å². The predicted octanol–water partition coefficient (Wildman–Crippen LogP) is 2.78. The van der Waals surface area contributed by atoms with Crippen molar-refractivity contribution < 1.29 is 0 Å². The molecule has 0 radical (unpaired) electrons. The third kappa shape index (κ3) is 3.98. The van der Waals surface area contributed by atoms with Crippen molar-refractivity contribution in [2.75, 3.05) is 13.1 Å². The van der Waals surface area contributed by atoms with E-state index in [4.69, 9.17) is 12.2 Å². The van der Waals surface area contributed by atoms with E-state index in [1.165, 1.54) is 25.7 Å². The molecular formula is C12H24N2S. The smallest absolute Gasteiger partial charge is 0.169 e. The van der Waals surface area contributed by atoms with E-state index in [9.17, 15) is 0 Å². The summed E-state index contributed by atoms with van der Waals surface area (Å²) < 4.78 is 0. The van der Waals surface area contributed by atoms with Gasteiger partial charge in [0.15, 0.2) is 5.11 Å². The first-order chi connectivity index (χ1) is 7.15. The van der Waals surface area contributed by atoms with Gasteiger partial charge in [0.2, 0.25) is 0 Å². The summed E-state index contributed by atoms with van der Waals surface area (Å²) in [4.78, 5) is 2.36. The van der Waals surface area contributed by atoms with Gasteiger partial charge in [-0.25, -0.2) is 0 Å². The molecule has 2 atom stereocenters. The molecule has 1 fully saturated rings. The van der Waals surface area contributed by atoms with Gasteiger partial charge in [0.1, 0.15) is 0 Å². The van der Waals surface area contributed by atoms with Crippen LogP contribution in [0.15, 0.2) is 0 Å². The molecule has 88 valence electrons. The van der Waals surface area contributed by atoms with Gasteiger partial charge in [0.25, 0.3) is 0 Å². The molecule has 1 aliphatic heterocycles. The molecule has 0 spiro atoms. The van der Waals surface area contributed by atoms with Crippen LogP contribution in [-0.4, -0.2) is 29.1 Å². The van der Waals surface area contributed by atoms with Gasteiger partial charge in [0.05, 0.1) is 0 Å². The highest BCUT2D eigenvalue weighted by Gasteiger charge is 2.24. The fourth-order valence-electron chi connectivity index (χ4n) is 2.05. The van der Waals surface area contributed by atoms with Crippen molar-refractivity contribution in [3.05, 3.63) is 0 Å². The molecular weight excluding hydrogens is 204 g/mol. The number of piperidine rings is 1. The monoisotopic (exact) mass is 228 g/mol. The summed E-state index contributed by atoms with van der Waals surface area (Å²) in [5.74, 6) is 0.784. The Balaban J connectivity index is 2.35. The molecule has 2 unspecified atom stereocenters. The number of hydrogen-bond acceptors (Lipinski definition) is 1. The molecule has 1 heterocycles. The Morgan fingerprint density at radius 3 is 2.80 bits per heavy atom. The van der Waals surface area contributed by atoms with E-state index in [-0.39, 0.29) is 0 Å². The molecule has 2 nitrogen and oxygen atoms in total. The normalized spacial score (nSPS) is 26.5. The van der Waals surface area contributed by atoms with Gasteiger partial charge < -0.3 is 10.2 Å². The minimum atomic E-state index is 0.614. The molecule has 0 aliphatic carbocycles. The maximum atomic E-state index is 5.43. The predicted molar refractivity (Wildman–Crippen MR) is 70.1 cm³/mol. The van der Waals surface area contributed by atoms with Crippen molar-refractivity contribution in [1.82, 2.24) is 10.2 Å². The lowest BCUT2D eigenvalue weighted by Gasteiger charge is -2.38. The maximum Gasteiger partial charge on any atom is 0.169 e. The van der Waals surface area contributed by atoms with E-state index in [1.54, 1.807) is 0 Å². The van der Waals surface area contributed by atoms with E-state index < -0.39 is 0 Å². The Hall–Kier alpha value is -0.310. The Labute approximate surface area is 99.4 Å². The van der Waals surface area contributed by atoms with Gasteiger partial charge in [-0.3, -0.25) is 0 Å². The number of thiocarbonyl (C=S) groups is 1. The quantitative estimate of drug-likeness (QED) is 0.591.